The maximum atomic E-state index is 10.4. The molecule has 0 aliphatic carbocycles. The number of aryl methyl sites for hydroxylation is 3. The van der Waals surface area contributed by atoms with Crippen LogP contribution in [0.1, 0.15) is 29.9 Å². The molecule has 0 radical (unpaired) electrons. The highest BCUT2D eigenvalue weighted by Crippen LogP contribution is 2.21. The van der Waals surface area contributed by atoms with Crippen LogP contribution in [0.4, 0.5) is 0 Å². The Hall–Kier alpha value is -2.17. The minimum Gasteiger partial charge on any atom is -0.481 e. The number of nitrogens with zero attached hydrogens (tertiary/aromatic N) is 2. The molecule has 0 aliphatic heterocycles. The smallest absolute Gasteiger partial charge is 0.303 e. The molecule has 0 atom stereocenters. The fourth-order valence-corrected chi connectivity index (χ4v) is 1.96. The van der Waals surface area contributed by atoms with Gasteiger partial charge in [-0.2, -0.15) is 0 Å². The van der Waals surface area contributed by atoms with E-state index in [9.17, 15) is 4.79 Å². The first-order valence-electron chi connectivity index (χ1n) is 6.17. The lowest BCUT2D eigenvalue weighted by molar-refractivity contribution is -0.137. The molecular formula is C14H16N2O3. The zero-order valence-corrected chi connectivity index (χ0v) is 11.0. The molecule has 5 nitrogen and oxygen atoms in total. The van der Waals surface area contributed by atoms with Crippen molar-refractivity contribution < 1.29 is 14.3 Å². The van der Waals surface area contributed by atoms with Gasteiger partial charge in [0.05, 0.1) is 0 Å². The maximum Gasteiger partial charge on any atom is 0.303 e. The van der Waals surface area contributed by atoms with Crippen molar-refractivity contribution in [2.75, 3.05) is 0 Å². The van der Waals surface area contributed by atoms with Crippen LogP contribution >= 0.6 is 0 Å². The van der Waals surface area contributed by atoms with Gasteiger partial charge in [-0.05, 0) is 32.4 Å². The molecule has 0 saturated carbocycles. The van der Waals surface area contributed by atoms with Gasteiger partial charge < -0.3 is 9.52 Å². The Labute approximate surface area is 111 Å². The first-order valence-corrected chi connectivity index (χ1v) is 6.17. The van der Waals surface area contributed by atoms with E-state index in [0.717, 1.165) is 16.7 Å². The van der Waals surface area contributed by atoms with Gasteiger partial charge in [-0.1, -0.05) is 17.2 Å². The van der Waals surface area contributed by atoms with Crippen molar-refractivity contribution in [3.8, 4) is 11.5 Å². The largest absolute Gasteiger partial charge is 0.481 e. The van der Waals surface area contributed by atoms with Crippen molar-refractivity contribution in [1.29, 1.82) is 0 Å². The highest BCUT2D eigenvalue weighted by atomic mass is 16.4. The number of carboxylic acids is 1. The van der Waals surface area contributed by atoms with E-state index in [1.165, 1.54) is 0 Å². The number of benzene rings is 1. The van der Waals surface area contributed by atoms with Crippen LogP contribution in [0, 0.1) is 13.8 Å². The topological polar surface area (TPSA) is 76.2 Å². The standard InChI is InChI=1S/C14H16N2O3/c1-9-6-10(2)8-11(7-9)14-16-15-12(19-14)4-3-5-13(17)18/h6-8H,3-5H2,1-2H3,(H,17,18). The molecule has 1 heterocycles. The summed E-state index contributed by atoms with van der Waals surface area (Å²) in [5.74, 6) is 0.154. The quantitative estimate of drug-likeness (QED) is 0.894. The third-order valence-electron chi connectivity index (χ3n) is 2.72. The maximum absolute atomic E-state index is 10.4. The Morgan fingerprint density at radius 2 is 1.89 bits per heavy atom. The summed E-state index contributed by atoms with van der Waals surface area (Å²) in [6.45, 7) is 4.03. The molecule has 2 rings (SSSR count). The normalized spacial score (nSPS) is 10.6. The van der Waals surface area contributed by atoms with Crippen molar-refractivity contribution in [1.82, 2.24) is 10.2 Å². The number of hydrogen-bond donors (Lipinski definition) is 1. The van der Waals surface area contributed by atoms with Crippen LogP contribution in [0.15, 0.2) is 22.6 Å². The minimum atomic E-state index is -0.811. The van der Waals surface area contributed by atoms with Crippen LogP contribution in [0.5, 0.6) is 0 Å². The number of rotatable bonds is 5. The summed E-state index contributed by atoms with van der Waals surface area (Å²) >= 11 is 0. The number of hydrogen-bond acceptors (Lipinski definition) is 4. The van der Waals surface area contributed by atoms with E-state index >= 15 is 0 Å². The highest BCUT2D eigenvalue weighted by molar-refractivity contribution is 5.66. The predicted octanol–water partition coefficient (Wildman–Crippen LogP) is 2.76. The van der Waals surface area contributed by atoms with Crippen LogP contribution in [-0.4, -0.2) is 21.3 Å². The molecule has 0 saturated heterocycles. The molecule has 1 aromatic heterocycles. The van der Waals surface area contributed by atoms with Crippen LogP contribution < -0.4 is 0 Å². The molecule has 1 N–H and O–H groups in total. The van der Waals surface area contributed by atoms with Gasteiger partial charge in [0.2, 0.25) is 11.8 Å². The monoisotopic (exact) mass is 260 g/mol. The Kier molecular flexibility index (Phi) is 3.94. The van der Waals surface area contributed by atoms with E-state index in [2.05, 4.69) is 16.3 Å². The number of carbonyl (C=O) groups is 1. The molecular weight excluding hydrogens is 244 g/mol. The zero-order valence-electron chi connectivity index (χ0n) is 11.0. The minimum absolute atomic E-state index is 0.112. The summed E-state index contributed by atoms with van der Waals surface area (Å²) in [4.78, 5) is 10.4. The summed E-state index contributed by atoms with van der Waals surface area (Å²) in [5, 5.41) is 16.5. The Balaban J connectivity index is 2.09. The van der Waals surface area contributed by atoms with Gasteiger partial charge in [0, 0.05) is 18.4 Å². The van der Waals surface area contributed by atoms with E-state index in [1.807, 2.05) is 26.0 Å². The molecule has 0 unspecified atom stereocenters. The van der Waals surface area contributed by atoms with E-state index < -0.39 is 5.97 Å². The second kappa shape index (κ2) is 5.65. The van der Waals surface area contributed by atoms with Crippen molar-refractivity contribution >= 4 is 5.97 Å². The second-order valence-electron chi connectivity index (χ2n) is 4.62. The van der Waals surface area contributed by atoms with Crippen molar-refractivity contribution in [2.45, 2.75) is 33.1 Å². The van der Waals surface area contributed by atoms with Crippen LogP contribution in [0.3, 0.4) is 0 Å². The van der Waals surface area contributed by atoms with Gasteiger partial charge in [-0.25, -0.2) is 0 Å². The first kappa shape index (κ1) is 13.3. The van der Waals surface area contributed by atoms with Gasteiger partial charge in [0.1, 0.15) is 0 Å². The molecule has 100 valence electrons. The average Bonchev–Trinajstić information content (AvgIpc) is 2.76. The predicted molar refractivity (Wildman–Crippen MR) is 69.8 cm³/mol. The van der Waals surface area contributed by atoms with Crippen LogP contribution in [0.25, 0.3) is 11.5 Å². The molecule has 0 amide bonds. The van der Waals surface area contributed by atoms with Crippen molar-refractivity contribution in [3.63, 3.8) is 0 Å². The third kappa shape index (κ3) is 3.64. The lowest BCUT2D eigenvalue weighted by Crippen LogP contribution is -1.95. The van der Waals surface area contributed by atoms with Crippen LogP contribution in [-0.2, 0) is 11.2 Å². The van der Waals surface area contributed by atoms with E-state index in [4.69, 9.17) is 9.52 Å². The SMILES string of the molecule is Cc1cc(C)cc(-c2nnc(CCCC(=O)O)o2)c1. The molecule has 19 heavy (non-hydrogen) atoms. The fourth-order valence-electron chi connectivity index (χ4n) is 1.96. The summed E-state index contributed by atoms with van der Waals surface area (Å²) in [6.07, 6.45) is 1.11. The lowest BCUT2D eigenvalue weighted by Gasteiger charge is -2.00. The van der Waals surface area contributed by atoms with Gasteiger partial charge >= 0.3 is 5.97 Å². The Bertz CT molecular complexity index is 570. The second-order valence-corrected chi connectivity index (χ2v) is 4.62. The summed E-state index contributed by atoms with van der Waals surface area (Å²) in [5.41, 5.74) is 3.18. The van der Waals surface area contributed by atoms with Gasteiger partial charge in [-0.15, -0.1) is 10.2 Å². The van der Waals surface area contributed by atoms with E-state index in [0.29, 0.717) is 24.6 Å². The number of carboxylic acid groups (broad SMARTS) is 1. The Morgan fingerprint density at radius 3 is 2.53 bits per heavy atom. The number of aliphatic carboxylic acids is 1. The summed E-state index contributed by atoms with van der Waals surface area (Å²) in [6, 6.07) is 6.05. The summed E-state index contributed by atoms with van der Waals surface area (Å²) in [7, 11) is 0. The molecule has 2 aromatic rings. The lowest BCUT2D eigenvalue weighted by atomic mass is 10.1. The molecule has 1 aromatic carbocycles. The third-order valence-corrected chi connectivity index (χ3v) is 2.72. The van der Waals surface area contributed by atoms with E-state index in [1.54, 1.807) is 0 Å². The van der Waals surface area contributed by atoms with Gasteiger partial charge in [0.25, 0.3) is 0 Å². The summed E-state index contributed by atoms with van der Waals surface area (Å²) < 4.78 is 5.55. The van der Waals surface area contributed by atoms with Gasteiger partial charge in [0.15, 0.2) is 0 Å². The zero-order chi connectivity index (χ0) is 13.8. The average molecular weight is 260 g/mol. The highest BCUT2D eigenvalue weighted by Gasteiger charge is 2.09. The molecule has 0 bridgehead atoms. The first-order chi connectivity index (χ1) is 9.04. The van der Waals surface area contributed by atoms with Crippen molar-refractivity contribution in [2.24, 2.45) is 0 Å². The molecule has 5 heteroatoms. The molecule has 0 aliphatic rings. The molecule has 0 spiro atoms. The van der Waals surface area contributed by atoms with Gasteiger partial charge in [-0.3, -0.25) is 4.79 Å². The van der Waals surface area contributed by atoms with E-state index in [-0.39, 0.29) is 6.42 Å². The number of aromatic nitrogens is 2. The van der Waals surface area contributed by atoms with Crippen molar-refractivity contribution in [3.05, 3.63) is 35.2 Å². The van der Waals surface area contributed by atoms with Crippen LogP contribution in [0.2, 0.25) is 0 Å². The Morgan fingerprint density at radius 1 is 1.21 bits per heavy atom. The fraction of sp³-hybridized carbons (Fsp3) is 0.357. The molecule has 0 fully saturated rings.